The molecule has 3 N–H and O–H groups in total. The Labute approximate surface area is 148 Å². The van der Waals surface area contributed by atoms with Crippen molar-refractivity contribution in [3.63, 3.8) is 0 Å². The fourth-order valence-electron chi connectivity index (χ4n) is 3.18. The maximum atomic E-state index is 12.3. The first-order chi connectivity index (χ1) is 12.1. The number of likely N-dealkylation sites (N-methyl/N-ethyl adjacent to an activating group) is 1. The summed E-state index contributed by atoms with van der Waals surface area (Å²) < 4.78 is 1.73. The van der Waals surface area contributed by atoms with Crippen LogP contribution in [0, 0.1) is 0 Å². The Hall–Kier alpha value is -2.25. The molecule has 0 radical (unpaired) electrons. The molecule has 0 bridgehead atoms. The minimum Gasteiger partial charge on any atom is -0.345 e. The van der Waals surface area contributed by atoms with Crippen LogP contribution < -0.4 is 15.1 Å². The minimum absolute atomic E-state index is 0.0486. The van der Waals surface area contributed by atoms with Crippen molar-refractivity contribution < 1.29 is 14.6 Å². The molecular weight excluding hydrogens is 316 g/mol. The van der Waals surface area contributed by atoms with Crippen molar-refractivity contribution in [2.75, 3.05) is 46.3 Å². The molecule has 0 saturated carbocycles. The second kappa shape index (κ2) is 8.22. The van der Waals surface area contributed by atoms with E-state index in [0.717, 1.165) is 12.1 Å². The number of quaternary nitrogens is 2. The number of carbonyl (C=O) groups is 1. The zero-order valence-electron chi connectivity index (χ0n) is 15.0. The number of carbonyl (C=O) groups excluding carboxylic acids is 1. The number of hydrogen-bond donors (Lipinski definition) is 3. The zero-order valence-corrected chi connectivity index (χ0v) is 15.0. The maximum absolute atomic E-state index is 12.3. The van der Waals surface area contributed by atoms with Gasteiger partial charge >= 0.3 is 0 Å². The molecule has 0 unspecified atom stereocenters. The molecule has 134 valence electrons. The summed E-state index contributed by atoms with van der Waals surface area (Å²) in [5.41, 5.74) is 1.51. The Bertz CT molecular complexity index is 678. The standard InChI is InChI=1S/C18H26N6O/c1-15(16-6-4-3-5-7-16)24-14-17(20-21-24)18(25)19-8-9-23-12-10-22(2)11-13-23/h3-7,14-15H,8-13H2,1-2H3,(H,19,25)/p+2/t15-/m0/s1. The van der Waals surface area contributed by atoms with Crippen LogP contribution in [0.15, 0.2) is 36.5 Å². The first kappa shape index (κ1) is 17.6. The van der Waals surface area contributed by atoms with Gasteiger partial charge in [-0.05, 0) is 12.5 Å². The number of benzene rings is 1. The molecule has 7 heteroatoms. The Morgan fingerprint density at radius 3 is 2.68 bits per heavy atom. The Morgan fingerprint density at radius 2 is 1.96 bits per heavy atom. The molecule has 1 amide bonds. The molecule has 3 rings (SSSR count). The molecule has 0 spiro atoms. The molecule has 1 saturated heterocycles. The lowest BCUT2D eigenvalue weighted by atomic mass is 10.1. The quantitative estimate of drug-likeness (QED) is 0.570. The third-order valence-electron chi connectivity index (χ3n) is 5.00. The molecule has 25 heavy (non-hydrogen) atoms. The van der Waals surface area contributed by atoms with Gasteiger partial charge in [0.25, 0.3) is 5.91 Å². The van der Waals surface area contributed by atoms with Crippen LogP contribution in [0.25, 0.3) is 0 Å². The minimum atomic E-state index is -0.148. The largest absolute Gasteiger partial charge is 0.345 e. The van der Waals surface area contributed by atoms with Gasteiger partial charge in [-0.15, -0.1) is 5.10 Å². The molecule has 1 fully saturated rings. The molecule has 1 aromatic carbocycles. The molecule has 1 atom stereocenters. The van der Waals surface area contributed by atoms with Crippen LogP contribution in [0.2, 0.25) is 0 Å². The van der Waals surface area contributed by atoms with Crippen LogP contribution >= 0.6 is 0 Å². The highest BCUT2D eigenvalue weighted by Gasteiger charge is 2.20. The van der Waals surface area contributed by atoms with E-state index < -0.39 is 0 Å². The monoisotopic (exact) mass is 344 g/mol. The summed E-state index contributed by atoms with van der Waals surface area (Å²) in [6, 6.07) is 10.1. The fraction of sp³-hybridized carbons (Fsp3) is 0.500. The van der Waals surface area contributed by atoms with E-state index in [1.807, 2.05) is 37.3 Å². The van der Waals surface area contributed by atoms with E-state index in [1.54, 1.807) is 20.7 Å². The lowest BCUT2D eigenvalue weighted by Crippen LogP contribution is -3.27. The van der Waals surface area contributed by atoms with Gasteiger partial charge in [-0.25, -0.2) is 4.68 Å². The summed E-state index contributed by atoms with van der Waals surface area (Å²) in [4.78, 5) is 15.4. The average Bonchev–Trinajstić information content (AvgIpc) is 3.13. The van der Waals surface area contributed by atoms with E-state index in [-0.39, 0.29) is 11.9 Å². The van der Waals surface area contributed by atoms with Crippen LogP contribution in [-0.4, -0.2) is 67.2 Å². The molecule has 0 aliphatic carbocycles. The number of rotatable bonds is 6. The first-order valence-electron chi connectivity index (χ1n) is 9.03. The number of piperazine rings is 1. The topological polar surface area (TPSA) is 68.7 Å². The van der Waals surface area contributed by atoms with Gasteiger partial charge in [0.05, 0.1) is 32.4 Å². The molecule has 1 aliphatic heterocycles. The average molecular weight is 344 g/mol. The first-order valence-corrected chi connectivity index (χ1v) is 9.03. The smallest absolute Gasteiger partial charge is 0.273 e. The summed E-state index contributed by atoms with van der Waals surface area (Å²) in [6.45, 7) is 8.44. The van der Waals surface area contributed by atoms with Crippen LogP contribution in [-0.2, 0) is 0 Å². The van der Waals surface area contributed by atoms with E-state index in [0.29, 0.717) is 12.2 Å². The number of aromatic nitrogens is 3. The summed E-state index contributed by atoms with van der Waals surface area (Å²) in [5, 5.41) is 11.1. The molecule has 7 nitrogen and oxygen atoms in total. The van der Waals surface area contributed by atoms with Crippen molar-refractivity contribution in [2.24, 2.45) is 0 Å². The second-order valence-electron chi connectivity index (χ2n) is 6.88. The predicted molar refractivity (Wildman–Crippen MR) is 94.8 cm³/mol. The summed E-state index contributed by atoms with van der Waals surface area (Å²) in [5.74, 6) is -0.148. The van der Waals surface area contributed by atoms with Gasteiger partial charge in [-0.1, -0.05) is 35.5 Å². The molecule has 2 aromatic rings. The van der Waals surface area contributed by atoms with Crippen molar-refractivity contribution >= 4 is 5.91 Å². The van der Waals surface area contributed by atoms with Gasteiger partial charge in [0.15, 0.2) is 5.69 Å². The number of nitrogens with zero attached hydrogens (tertiary/aromatic N) is 3. The van der Waals surface area contributed by atoms with Crippen molar-refractivity contribution in [3.8, 4) is 0 Å². The van der Waals surface area contributed by atoms with Gasteiger partial charge in [0.2, 0.25) is 0 Å². The Morgan fingerprint density at radius 1 is 1.24 bits per heavy atom. The Balaban J connectivity index is 1.49. The highest BCUT2D eigenvalue weighted by atomic mass is 16.2. The predicted octanol–water partition coefficient (Wildman–Crippen LogP) is -1.97. The van der Waals surface area contributed by atoms with Crippen LogP contribution in [0.4, 0.5) is 0 Å². The van der Waals surface area contributed by atoms with Crippen molar-refractivity contribution in [1.82, 2.24) is 20.3 Å². The van der Waals surface area contributed by atoms with E-state index in [1.165, 1.54) is 26.2 Å². The third kappa shape index (κ3) is 4.64. The van der Waals surface area contributed by atoms with Crippen molar-refractivity contribution in [1.29, 1.82) is 0 Å². The van der Waals surface area contributed by atoms with E-state index >= 15 is 0 Å². The van der Waals surface area contributed by atoms with Gasteiger partial charge < -0.3 is 15.1 Å². The molecule has 1 aromatic heterocycles. The van der Waals surface area contributed by atoms with Crippen LogP contribution in [0.1, 0.15) is 29.0 Å². The number of hydrogen-bond acceptors (Lipinski definition) is 3. The fourth-order valence-corrected chi connectivity index (χ4v) is 3.18. The summed E-state index contributed by atoms with van der Waals surface area (Å²) in [7, 11) is 2.23. The Kier molecular flexibility index (Phi) is 5.78. The maximum Gasteiger partial charge on any atom is 0.273 e. The highest BCUT2D eigenvalue weighted by Crippen LogP contribution is 2.15. The van der Waals surface area contributed by atoms with Crippen molar-refractivity contribution in [2.45, 2.75) is 13.0 Å². The van der Waals surface area contributed by atoms with Crippen LogP contribution in [0.5, 0.6) is 0 Å². The summed E-state index contributed by atoms with van der Waals surface area (Å²) >= 11 is 0. The summed E-state index contributed by atoms with van der Waals surface area (Å²) in [6.07, 6.45) is 1.72. The van der Waals surface area contributed by atoms with Gasteiger partial charge in [-0.3, -0.25) is 4.79 Å². The van der Waals surface area contributed by atoms with Crippen LogP contribution in [0.3, 0.4) is 0 Å². The lowest BCUT2D eigenvalue weighted by molar-refractivity contribution is -1.00. The highest BCUT2D eigenvalue weighted by molar-refractivity contribution is 5.91. The zero-order chi connectivity index (χ0) is 17.6. The van der Waals surface area contributed by atoms with E-state index in [2.05, 4.69) is 22.7 Å². The van der Waals surface area contributed by atoms with E-state index in [4.69, 9.17) is 0 Å². The number of amides is 1. The normalized spacial score (nSPS) is 21.7. The van der Waals surface area contributed by atoms with Gasteiger partial charge in [-0.2, -0.15) is 0 Å². The molecular formula is C18H28N6O+2. The lowest BCUT2D eigenvalue weighted by Gasteiger charge is -2.27. The number of nitrogens with one attached hydrogen (secondary N) is 3. The second-order valence-corrected chi connectivity index (χ2v) is 6.88. The molecule has 1 aliphatic rings. The van der Waals surface area contributed by atoms with E-state index in [9.17, 15) is 4.79 Å². The van der Waals surface area contributed by atoms with Gasteiger partial charge in [0.1, 0.15) is 26.2 Å². The molecule has 2 heterocycles. The van der Waals surface area contributed by atoms with Gasteiger partial charge in [0, 0.05) is 0 Å². The SMILES string of the molecule is C[C@@H](c1ccccc1)n1cc(C(=O)NCC[NH+]2CC[NH+](C)CC2)nn1. The van der Waals surface area contributed by atoms with Crippen molar-refractivity contribution in [3.05, 3.63) is 47.8 Å². The third-order valence-corrected chi connectivity index (χ3v) is 5.00.